The van der Waals surface area contributed by atoms with E-state index >= 15 is 0 Å². The Balaban J connectivity index is 1.81. The molecule has 22 heavy (non-hydrogen) atoms. The summed E-state index contributed by atoms with van der Waals surface area (Å²) >= 11 is 0. The number of rotatable bonds is 4. The second-order valence-electron chi connectivity index (χ2n) is 5.22. The van der Waals surface area contributed by atoms with Crippen LogP contribution < -0.4 is 9.64 Å². The minimum Gasteiger partial charge on any atom is -0.477 e. The molecule has 2 aliphatic heterocycles. The van der Waals surface area contributed by atoms with Gasteiger partial charge in [0.25, 0.3) is 0 Å². The minimum atomic E-state index is -1.09. The van der Waals surface area contributed by atoms with Gasteiger partial charge in [-0.1, -0.05) is 0 Å². The number of hydrogen-bond acceptors (Lipinski definition) is 7. The molecule has 0 atom stereocenters. The molecule has 1 N–H and O–H groups in total. The number of aromatic carboxylic acids is 1. The summed E-state index contributed by atoms with van der Waals surface area (Å²) in [6.07, 6.45) is 2.71. The van der Waals surface area contributed by atoms with Gasteiger partial charge in [-0.15, -0.1) is 0 Å². The van der Waals surface area contributed by atoms with Gasteiger partial charge in [-0.25, -0.2) is 9.78 Å². The van der Waals surface area contributed by atoms with Crippen molar-refractivity contribution in [3.63, 3.8) is 0 Å². The maximum Gasteiger partial charge on any atom is 0.342 e. The second kappa shape index (κ2) is 6.89. The van der Waals surface area contributed by atoms with E-state index in [-0.39, 0.29) is 17.5 Å². The first-order valence-electron chi connectivity index (χ1n) is 7.41. The fourth-order valence-electron chi connectivity index (χ4n) is 2.46. The highest BCUT2D eigenvalue weighted by Crippen LogP contribution is 2.23. The van der Waals surface area contributed by atoms with Gasteiger partial charge in [-0.3, -0.25) is 0 Å². The maximum atomic E-state index is 11.3. The fraction of sp³-hybridized carbons (Fsp3) is 0.643. The summed E-state index contributed by atoms with van der Waals surface area (Å²) in [6, 6.07) is 0. The third kappa shape index (κ3) is 3.45. The predicted molar refractivity (Wildman–Crippen MR) is 76.5 cm³/mol. The van der Waals surface area contributed by atoms with Crippen molar-refractivity contribution in [3.05, 3.63) is 11.8 Å². The number of nitrogens with zero attached hydrogens (tertiary/aromatic N) is 3. The van der Waals surface area contributed by atoms with Crippen molar-refractivity contribution in [2.45, 2.75) is 18.9 Å². The zero-order chi connectivity index (χ0) is 15.4. The van der Waals surface area contributed by atoms with Gasteiger partial charge in [0.1, 0.15) is 11.7 Å². The van der Waals surface area contributed by atoms with Gasteiger partial charge >= 0.3 is 5.97 Å². The molecule has 0 radical (unpaired) electrons. The summed E-state index contributed by atoms with van der Waals surface area (Å²) in [5.41, 5.74) is -0.0106. The zero-order valence-electron chi connectivity index (χ0n) is 12.2. The summed E-state index contributed by atoms with van der Waals surface area (Å²) < 4.78 is 16.4. The molecule has 1 aromatic rings. The van der Waals surface area contributed by atoms with Crippen LogP contribution in [0.2, 0.25) is 0 Å². The van der Waals surface area contributed by atoms with E-state index in [0.717, 1.165) is 12.8 Å². The van der Waals surface area contributed by atoms with E-state index in [0.29, 0.717) is 45.5 Å². The summed E-state index contributed by atoms with van der Waals surface area (Å²) in [5.74, 6) is -0.471. The van der Waals surface area contributed by atoms with Gasteiger partial charge in [-0.05, 0) is 0 Å². The molecule has 0 spiro atoms. The zero-order valence-corrected chi connectivity index (χ0v) is 12.2. The molecule has 1 aromatic heterocycles. The summed E-state index contributed by atoms with van der Waals surface area (Å²) in [5, 5.41) is 9.28. The fourth-order valence-corrected chi connectivity index (χ4v) is 2.46. The molecule has 3 heterocycles. The van der Waals surface area contributed by atoms with Crippen LogP contribution in [0, 0.1) is 0 Å². The van der Waals surface area contributed by atoms with Crippen LogP contribution in [0.25, 0.3) is 0 Å². The van der Waals surface area contributed by atoms with Gasteiger partial charge in [0.15, 0.2) is 0 Å². The first-order valence-corrected chi connectivity index (χ1v) is 7.41. The largest absolute Gasteiger partial charge is 0.477 e. The Morgan fingerprint density at radius 1 is 1.23 bits per heavy atom. The van der Waals surface area contributed by atoms with E-state index in [1.807, 2.05) is 4.90 Å². The van der Waals surface area contributed by atoms with E-state index in [4.69, 9.17) is 14.2 Å². The second-order valence-corrected chi connectivity index (χ2v) is 5.22. The van der Waals surface area contributed by atoms with E-state index in [1.165, 1.54) is 6.20 Å². The van der Waals surface area contributed by atoms with Crippen molar-refractivity contribution in [2.75, 3.05) is 44.4 Å². The number of carboxylic acids is 1. The third-order valence-electron chi connectivity index (χ3n) is 3.71. The van der Waals surface area contributed by atoms with Gasteiger partial charge in [-0.2, -0.15) is 4.98 Å². The number of carbonyl (C=O) groups is 1. The first kappa shape index (κ1) is 15.0. The van der Waals surface area contributed by atoms with Gasteiger partial charge < -0.3 is 24.2 Å². The van der Waals surface area contributed by atoms with Crippen LogP contribution in [0.15, 0.2) is 6.20 Å². The Bertz CT molecular complexity index is 527. The molecule has 2 fully saturated rings. The SMILES string of the molecule is O=C(O)c1cnc(N2CCOCC2)nc1OC1CCOCC1. The minimum absolute atomic E-state index is 0.0106. The average molecular weight is 309 g/mol. The molecule has 0 bridgehead atoms. The number of hydrogen-bond donors (Lipinski definition) is 1. The first-order chi connectivity index (χ1) is 10.7. The number of ether oxygens (including phenoxy) is 3. The normalized spacial score (nSPS) is 19.9. The lowest BCUT2D eigenvalue weighted by atomic mass is 10.1. The number of aromatic nitrogens is 2. The van der Waals surface area contributed by atoms with E-state index in [1.54, 1.807) is 0 Å². The topological polar surface area (TPSA) is 94.0 Å². The smallest absolute Gasteiger partial charge is 0.342 e. The molecule has 0 aliphatic carbocycles. The molecule has 0 amide bonds. The molecule has 3 rings (SSSR count). The van der Waals surface area contributed by atoms with Gasteiger partial charge in [0, 0.05) is 25.9 Å². The van der Waals surface area contributed by atoms with Crippen LogP contribution in [0.3, 0.4) is 0 Å². The standard InChI is InChI=1S/C14H19N3O5/c18-13(19)11-9-15-14(17-3-7-21-8-4-17)16-12(11)22-10-1-5-20-6-2-10/h9-10H,1-8H2,(H,18,19). The number of carboxylic acid groups (broad SMARTS) is 1. The highest BCUT2D eigenvalue weighted by atomic mass is 16.5. The van der Waals surface area contributed by atoms with Crippen LogP contribution in [0.4, 0.5) is 5.95 Å². The molecule has 0 aromatic carbocycles. The lowest BCUT2D eigenvalue weighted by molar-refractivity contribution is 0.0229. The molecular weight excluding hydrogens is 290 g/mol. The summed E-state index contributed by atoms with van der Waals surface area (Å²) in [4.78, 5) is 21.8. The van der Waals surface area contributed by atoms with Crippen LogP contribution in [0.5, 0.6) is 5.88 Å². The predicted octanol–water partition coefficient (Wildman–Crippen LogP) is 0.569. The van der Waals surface area contributed by atoms with E-state index in [9.17, 15) is 9.90 Å². The molecular formula is C14H19N3O5. The Morgan fingerprint density at radius 3 is 2.59 bits per heavy atom. The molecule has 2 saturated heterocycles. The van der Waals surface area contributed by atoms with Crippen LogP contribution in [-0.4, -0.2) is 66.7 Å². The average Bonchev–Trinajstić information content (AvgIpc) is 2.56. The molecule has 120 valence electrons. The van der Waals surface area contributed by atoms with E-state index in [2.05, 4.69) is 9.97 Å². The summed E-state index contributed by atoms with van der Waals surface area (Å²) in [6.45, 7) is 3.83. The third-order valence-corrected chi connectivity index (χ3v) is 3.71. The van der Waals surface area contributed by atoms with Crippen molar-refractivity contribution in [1.29, 1.82) is 0 Å². The van der Waals surface area contributed by atoms with Crippen molar-refractivity contribution < 1.29 is 24.1 Å². The van der Waals surface area contributed by atoms with E-state index < -0.39 is 5.97 Å². The lowest BCUT2D eigenvalue weighted by Crippen LogP contribution is -2.37. The Labute approximate surface area is 128 Å². The Morgan fingerprint density at radius 2 is 1.91 bits per heavy atom. The Hall–Kier alpha value is -1.93. The Kier molecular flexibility index (Phi) is 4.69. The monoisotopic (exact) mass is 309 g/mol. The van der Waals surface area contributed by atoms with Gasteiger partial charge in [0.2, 0.25) is 11.8 Å². The lowest BCUT2D eigenvalue weighted by Gasteiger charge is -2.28. The highest BCUT2D eigenvalue weighted by molar-refractivity contribution is 5.89. The van der Waals surface area contributed by atoms with Crippen LogP contribution in [-0.2, 0) is 9.47 Å². The van der Waals surface area contributed by atoms with Crippen molar-refractivity contribution in [1.82, 2.24) is 9.97 Å². The molecule has 8 nitrogen and oxygen atoms in total. The molecule has 0 saturated carbocycles. The van der Waals surface area contributed by atoms with Crippen LogP contribution in [0.1, 0.15) is 23.2 Å². The maximum absolute atomic E-state index is 11.3. The number of anilines is 1. The summed E-state index contributed by atoms with van der Waals surface area (Å²) in [7, 11) is 0. The molecule has 8 heteroatoms. The van der Waals surface area contributed by atoms with Crippen molar-refractivity contribution in [3.8, 4) is 5.88 Å². The highest BCUT2D eigenvalue weighted by Gasteiger charge is 2.23. The molecule has 2 aliphatic rings. The quantitative estimate of drug-likeness (QED) is 0.862. The molecule has 0 unspecified atom stereocenters. The van der Waals surface area contributed by atoms with Crippen molar-refractivity contribution >= 4 is 11.9 Å². The number of morpholine rings is 1. The van der Waals surface area contributed by atoms with Crippen molar-refractivity contribution in [2.24, 2.45) is 0 Å². The van der Waals surface area contributed by atoms with Crippen LogP contribution >= 0.6 is 0 Å². The van der Waals surface area contributed by atoms with Gasteiger partial charge in [0.05, 0.1) is 32.6 Å².